The molecule has 696 valence electrons. The minimum absolute atomic E-state index is 0.180. The summed E-state index contributed by atoms with van der Waals surface area (Å²) in [6.07, 6.45) is 0. The van der Waals surface area contributed by atoms with Crippen molar-refractivity contribution >= 4 is 121 Å². The molecule has 0 unspecified atom stereocenters. The Morgan fingerprint density at radius 3 is 0.453 bits per heavy atom. The molecule has 27 rings (SSSR count). The van der Waals surface area contributed by atoms with Gasteiger partial charge < -0.3 is 10.0 Å². The van der Waals surface area contributed by atoms with Crippen molar-refractivity contribution in [2.75, 3.05) is 0 Å². The molecule has 0 atom stereocenters. The quantitative estimate of drug-likeness (QED) is 0.0744. The third-order valence-corrected chi connectivity index (χ3v) is 27.6. The van der Waals surface area contributed by atoms with E-state index < -0.39 is 7.12 Å². The summed E-state index contributed by atoms with van der Waals surface area (Å²) >= 11 is 6.24. The first kappa shape index (κ1) is 91.4. The van der Waals surface area contributed by atoms with Crippen LogP contribution in [0.3, 0.4) is 0 Å². The number of hydrogen-bond acceptors (Lipinski definition) is 11. The van der Waals surface area contributed by atoms with Crippen molar-refractivity contribution in [3.63, 3.8) is 0 Å². The summed E-state index contributed by atoms with van der Waals surface area (Å²) in [5.41, 5.74) is 21.9. The predicted octanol–water partition coefficient (Wildman–Crippen LogP) is 33.4. The molecular formula is C135H89BClN9O2. The van der Waals surface area contributed by atoms with Crippen molar-refractivity contribution in [2.24, 2.45) is 0 Å². The van der Waals surface area contributed by atoms with Crippen molar-refractivity contribution < 1.29 is 10.0 Å². The zero-order chi connectivity index (χ0) is 99.2. The van der Waals surface area contributed by atoms with Gasteiger partial charge in [0.25, 0.3) is 0 Å². The normalized spacial score (nSPS) is 11.2. The third kappa shape index (κ3) is 18.9. The molecule has 0 saturated heterocycles. The van der Waals surface area contributed by atoms with E-state index in [2.05, 4.69) is 415 Å². The molecule has 0 aliphatic rings. The maximum absolute atomic E-state index is 9.42. The molecule has 27 aromatic rings. The van der Waals surface area contributed by atoms with Gasteiger partial charge in [-0.1, -0.05) is 516 Å². The standard InChI is InChI=1S/2C45H29N3.C27H18ClN3.C18H13BO2/c2*1-3-11-30(12-4-1)32-19-23-34(24-20-32)43-46-44(35-25-21-33(22-26-35)31-13-5-2-6-14-31)48-45(47-43)36-27-28-41-39-17-8-7-15-37(39)38-16-9-10-18-40(38)42(41)29-36;28-27-30-25(23-15-11-21(12-16-23)19-7-3-1-4-8-19)29-26(31-27)24-17-13-22(14-18-24)20-9-5-2-6-10-20;20-19(21)12-9-10-17-15-7-2-1-5-13(15)14-6-3-4-8-16(14)18(17)11-12/h2*1-29H;1-18H;1-11,20-21H. The summed E-state index contributed by atoms with van der Waals surface area (Å²) in [4.78, 5) is 43.8. The van der Waals surface area contributed by atoms with E-state index in [1.54, 1.807) is 6.07 Å². The molecule has 0 spiro atoms. The largest absolute Gasteiger partial charge is 0.488 e. The molecule has 2 N–H and O–H groups in total. The van der Waals surface area contributed by atoms with E-state index in [1.807, 2.05) is 121 Å². The molecular weight excluding hydrogens is 1830 g/mol. The molecule has 0 radical (unpaired) electrons. The van der Waals surface area contributed by atoms with Crippen LogP contribution >= 0.6 is 11.6 Å². The number of rotatable bonds is 15. The predicted molar refractivity (Wildman–Crippen MR) is 614 cm³/mol. The molecule has 0 fully saturated rings. The Kier molecular flexibility index (Phi) is 25.4. The van der Waals surface area contributed by atoms with Crippen LogP contribution in [0.4, 0.5) is 0 Å². The number of halogens is 1. The van der Waals surface area contributed by atoms with Gasteiger partial charge in [0.05, 0.1) is 0 Å². The minimum Gasteiger partial charge on any atom is -0.423 e. The molecule has 24 aromatic carbocycles. The minimum atomic E-state index is -1.44. The van der Waals surface area contributed by atoms with E-state index in [0.717, 1.165) is 94.0 Å². The van der Waals surface area contributed by atoms with Crippen LogP contribution < -0.4 is 5.46 Å². The maximum atomic E-state index is 9.42. The van der Waals surface area contributed by atoms with Crippen molar-refractivity contribution in [3.8, 4) is 158 Å². The van der Waals surface area contributed by atoms with E-state index >= 15 is 0 Å². The number of benzene rings is 24. The Bertz CT molecular complexity index is 8790. The zero-order valence-corrected chi connectivity index (χ0v) is 80.9. The maximum Gasteiger partial charge on any atom is 0.488 e. The average molecular weight is 1920 g/mol. The third-order valence-electron chi connectivity index (χ3n) is 27.5. The molecule has 13 heteroatoms. The van der Waals surface area contributed by atoms with E-state index in [0.29, 0.717) is 52.1 Å². The van der Waals surface area contributed by atoms with Crippen LogP contribution in [0.25, 0.3) is 255 Å². The number of nitrogens with zero attached hydrogens (tertiary/aromatic N) is 9. The molecule has 0 saturated carbocycles. The molecule has 0 aliphatic carbocycles. The lowest BCUT2D eigenvalue weighted by molar-refractivity contribution is 0.426. The van der Waals surface area contributed by atoms with Crippen LogP contribution in [-0.4, -0.2) is 62.0 Å². The molecule has 3 aromatic heterocycles. The Labute approximate surface area is 860 Å². The molecule has 0 amide bonds. The van der Waals surface area contributed by atoms with Gasteiger partial charge in [0, 0.05) is 44.5 Å². The smallest absolute Gasteiger partial charge is 0.423 e. The van der Waals surface area contributed by atoms with Gasteiger partial charge in [0.1, 0.15) is 0 Å². The summed E-state index contributed by atoms with van der Waals surface area (Å²) in [5, 5.41) is 40.7. The molecule has 3 heterocycles. The van der Waals surface area contributed by atoms with Crippen LogP contribution in [-0.2, 0) is 0 Å². The zero-order valence-electron chi connectivity index (χ0n) is 80.1. The molecule has 0 bridgehead atoms. The average Bonchev–Trinajstić information content (AvgIpc) is 0.746. The van der Waals surface area contributed by atoms with E-state index in [-0.39, 0.29) is 5.28 Å². The van der Waals surface area contributed by atoms with Crippen molar-refractivity contribution in [1.29, 1.82) is 0 Å². The number of hydrogen-bond donors (Lipinski definition) is 2. The van der Waals surface area contributed by atoms with Crippen molar-refractivity contribution in [1.82, 2.24) is 44.9 Å². The summed E-state index contributed by atoms with van der Waals surface area (Å²) in [6.45, 7) is 0. The highest BCUT2D eigenvalue weighted by molar-refractivity contribution is 6.59. The fourth-order valence-corrected chi connectivity index (χ4v) is 20.1. The molecule has 11 nitrogen and oxygen atoms in total. The van der Waals surface area contributed by atoms with Crippen LogP contribution in [0.2, 0.25) is 5.28 Å². The second-order valence-corrected chi connectivity index (χ2v) is 36.8. The highest BCUT2D eigenvalue weighted by atomic mass is 35.5. The second-order valence-electron chi connectivity index (χ2n) is 36.5. The lowest BCUT2D eigenvalue weighted by Crippen LogP contribution is -2.29. The number of fused-ring (bicyclic) bond motifs is 18. The molecule has 148 heavy (non-hydrogen) atoms. The van der Waals surface area contributed by atoms with E-state index in [1.165, 1.54) is 114 Å². The topological polar surface area (TPSA) is 156 Å². The molecule has 0 aliphatic heterocycles. The number of aromatic nitrogens is 9. The van der Waals surface area contributed by atoms with Crippen molar-refractivity contribution in [3.05, 3.63) is 533 Å². The Balaban J connectivity index is 0.000000110. The second kappa shape index (κ2) is 41.1. The van der Waals surface area contributed by atoms with E-state index in [4.69, 9.17) is 41.5 Å². The van der Waals surface area contributed by atoms with Gasteiger partial charge >= 0.3 is 7.12 Å². The lowest BCUT2D eigenvalue weighted by Gasteiger charge is -2.13. The Morgan fingerprint density at radius 1 is 0.122 bits per heavy atom. The van der Waals surface area contributed by atoms with Crippen LogP contribution in [0, 0.1) is 0 Å². The van der Waals surface area contributed by atoms with Gasteiger partial charge in [-0.3, -0.25) is 0 Å². The van der Waals surface area contributed by atoms with Gasteiger partial charge in [-0.25, -0.2) is 34.9 Å². The highest BCUT2D eigenvalue weighted by Crippen LogP contribution is 2.43. The highest BCUT2D eigenvalue weighted by Gasteiger charge is 2.22. The first-order valence-corrected chi connectivity index (χ1v) is 49.7. The van der Waals surface area contributed by atoms with Gasteiger partial charge in [-0.05, 0) is 193 Å². The summed E-state index contributed by atoms with van der Waals surface area (Å²) in [7, 11) is -1.44. The first-order chi connectivity index (χ1) is 73.1. The van der Waals surface area contributed by atoms with Crippen molar-refractivity contribution in [2.45, 2.75) is 0 Å². The SMILES string of the molecule is Clc1nc(-c2ccc(-c3ccccc3)cc2)nc(-c2ccc(-c3ccccc3)cc2)n1.OB(O)c1ccc2c3ccccc3c3ccccc3c2c1.c1ccc(-c2ccc(-c3nc(-c4ccc(-c5ccccc5)cc4)nc(-c4ccc5c6ccccc6c6ccccc6c5c4)n3)cc2)cc1.c1ccc(-c2ccc(-c3nc(-c4ccc(-c5ccccc5)cc4)nc(-c4ccc5c6ccccc6c6ccccc6c5c4)n3)cc2)cc1. The summed E-state index contributed by atoms with van der Waals surface area (Å²) in [6, 6.07) is 182. The Hall–Kier alpha value is -19.1. The summed E-state index contributed by atoms with van der Waals surface area (Å²) in [5.74, 6) is 4.98. The van der Waals surface area contributed by atoms with Gasteiger partial charge in [-0.15, -0.1) is 0 Å². The van der Waals surface area contributed by atoms with Crippen LogP contribution in [0.1, 0.15) is 0 Å². The fraction of sp³-hybridized carbons (Fsp3) is 0. The van der Waals surface area contributed by atoms with E-state index in [9.17, 15) is 10.0 Å². The van der Waals surface area contributed by atoms with Gasteiger partial charge in [-0.2, -0.15) is 9.97 Å². The Morgan fingerprint density at radius 2 is 0.257 bits per heavy atom. The first-order valence-electron chi connectivity index (χ1n) is 49.3. The fourth-order valence-electron chi connectivity index (χ4n) is 20.0. The van der Waals surface area contributed by atoms with Crippen LogP contribution in [0.5, 0.6) is 0 Å². The lowest BCUT2D eigenvalue weighted by atomic mass is 9.78. The summed E-state index contributed by atoms with van der Waals surface area (Å²) < 4.78 is 0. The van der Waals surface area contributed by atoms with Crippen LogP contribution in [0.15, 0.2) is 528 Å². The van der Waals surface area contributed by atoms with Gasteiger partial charge in [0.2, 0.25) is 5.28 Å². The van der Waals surface area contributed by atoms with Gasteiger partial charge in [0.15, 0.2) is 46.6 Å². The monoisotopic (exact) mass is 1910 g/mol.